The fourth-order valence-electron chi connectivity index (χ4n) is 10.2. The van der Waals surface area contributed by atoms with Gasteiger partial charge in [-0.25, -0.2) is 19.2 Å². The fourth-order valence-corrected chi connectivity index (χ4v) is 10.2. The average molecular weight is 1100 g/mol. The highest BCUT2D eigenvalue weighted by atomic mass is 16.5. The summed E-state index contributed by atoms with van der Waals surface area (Å²) in [5.41, 5.74) is 3.65. The van der Waals surface area contributed by atoms with Crippen LogP contribution in [0.5, 0.6) is 23.0 Å². The molecular formula is C70H98O10. The van der Waals surface area contributed by atoms with Gasteiger partial charge in [-0.3, -0.25) is 0 Å². The minimum absolute atomic E-state index is 0.320. The van der Waals surface area contributed by atoms with E-state index in [1.807, 2.05) is 0 Å². The molecule has 10 heteroatoms. The molecule has 10 nitrogen and oxygen atoms in total. The maximum absolute atomic E-state index is 13.6. The summed E-state index contributed by atoms with van der Waals surface area (Å²) in [6.07, 6.45) is 36.5. The van der Waals surface area contributed by atoms with Gasteiger partial charge in [-0.15, -0.1) is 0 Å². The number of fused-ring (bicyclic) bond motifs is 2. The fraction of sp³-hybridized carbons (Fsp3) is 0.571. The van der Waals surface area contributed by atoms with E-state index in [4.69, 9.17) is 28.4 Å². The maximum atomic E-state index is 13.6. The molecule has 0 saturated carbocycles. The predicted molar refractivity (Wildman–Crippen MR) is 324 cm³/mol. The van der Waals surface area contributed by atoms with E-state index in [1.165, 1.54) is 128 Å². The van der Waals surface area contributed by atoms with Crippen molar-refractivity contribution in [3.63, 3.8) is 0 Å². The van der Waals surface area contributed by atoms with Crippen LogP contribution < -0.4 is 9.47 Å². The Morgan fingerprint density at radius 1 is 0.250 bits per heavy atom. The van der Waals surface area contributed by atoms with Crippen molar-refractivity contribution in [1.29, 1.82) is 0 Å². The summed E-state index contributed by atoms with van der Waals surface area (Å²) in [5.74, 6) is 0.233. The first-order chi connectivity index (χ1) is 39.3. The van der Waals surface area contributed by atoms with E-state index < -0.39 is 23.9 Å². The molecule has 5 rings (SSSR count). The molecule has 0 fully saturated rings. The monoisotopic (exact) mass is 1100 g/mol. The van der Waals surface area contributed by atoms with Crippen molar-refractivity contribution in [2.45, 2.75) is 233 Å². The van der Waals surface area contributed by atoms with Gasteiger partial charge in [0.25, 0.3) is 0 Å². The van der Waals surface area contributed by atoms with Gasteiger partial charge in [0.2, 0.25) is 0 Å². The predicted octanol–water partition coefficient (Wildman–Crippen LogP) is 20.7. The highest BCUT2D eigenvalue weighted by molar-refractivity contribution is 6.09. The van der Waals surface area contributed by atoms with Crippen LogP contribution in [0.2, 0.25) is 0 Å². The lowest BCUT2D eigenvalue weighted by Crippen LogP contribution is -2.07. The number of unbranched alkanes of at least 4 members (excludes halogenated alkanes) is 28. The van der Waals surface area contributed by atoms with E-state index >= 15 is 0 Å². The van der Waals surface area contributed by atoms with Crippen molar-refractivity contribution < 1.29 is 47.6 Å². The summed E-state index contributed by atoms with van der Waals surface area (Å²) >= 11 is 0. The highest BCUT2D eigenvalue weighted by Crippen LogP contribution is 2.38. The van der Waals surface area contributed by atoms with Crippen LogP contribution in [-0.2, 0) is 18.9 Å². The normalized spacial score (nSPS) is 11.2. The van der Waals surface area contributed by atoms with Crippen molar-refractivity contribution in [2.24, 2.45) is 0 Å². The number of ether oxygens (including phenoxy) is 6. The largest absolute Gasteiger partial charge is 0.462 e. The van der Waals surface area contributed by atoms with Crippen LogP contribution in [-0.4, -0.2) is 50.3 Å². The second kappa shape index (κ2) is 39.5. The number of carbonyl (C=O) groups excluding carboxylic acids is 4. The van der Waals surface area contributed by atoms with E-state index in [2.05, 4.69) is 27.7 Å². The second-order valence-electron chi connectivity index (χ2n) is 21.9. The number of carbonyl (C=O) groups is 4. The molecule has 4 aliphatic rings. The molecule has 0 heterocycles. The van der Waals surface area contributed by atoms with Crippen molar-refractivity contribution in [3.05, 3.63) is 107 Å². The topological polar surface area (TPSA) is 124 Å². The minimum atomic E-state index is -0.463. The Morgan fingerprint density at radius 3 is 0.625 bits per heavy atom. The lowest BCUT2D eigenvalue weighted by molar-refractivity contribution is 0.0482. The number of rotatable bonds is 44. The van der Waals surface area contributed by atoms with Gasteiger partial charge in [0.1, 0.15) is 23.0 Å². The zero-order valence-corrected chi connectivity index (χ0v) is 49.6. The number of hydrogen-bond donors (Lipinski definition) is 0. The van der Waals surface area contributed by atoms with E-state index in [0.29, 0.717) is 93.9 Å². The molecule has 438 valence electrons. The van der Waals surface area contributed by atoms with Crippen molar-refractivity contribution in [2.75, 3.05) is 26.4 Å². The molecule has 0 aromatic heterocycles. The minimum Gasteiger partial charge on any atom is -0.462 e. The van der Waals surface area contributed by atoms with Gasteiger partial charge in [-0.2, -0.15) is 0 Å². The Balaban J connectivity index is 1.26. The molecule has 0 amide bonds. The molecule has 0 unspecified atom stereocenters. The van der Waals surface area contributed by atoms with Gasteiger partial charge in [0, 0.05) is 0 Å². The van der Waals surface area contributed by atoms with Crippen molar-refractivity contribution in [1.82, 2.24) is 0 Å². The molecule has 1 aromatic carbocycles. The average Bonchev–Trinajstić information content (AvgIpc) is 3.97. The van der Waals surface area contributed by atoms with Crippen LogP contribution >= 0.6 is 0 Å². The molecule has 0 N–H and O–H groups in total. The summed E-state index contributed by atoms with van der Waals surface area (Å²) in [7, 11) is 0. The molecule has 0 radical (unpaired) electrons. The molecule has 80 heavy (non-hydrogen) atoms. The van der Waals surface area contributed by atoms with Crippen LogP contribution in [0.3, 0.4) is 0 Å². The van der Waals surface area contributed by atoms with E-state index in [1.54, 1.807) is 84.9 Å². The molecule has 1 aromatic rings. The van der Waals surface area contributed by atoms with Gasteiger partial charge in [0.15, 0.2) is 0 Å². The van der Waals surface area contributed by atoms with E-state index in [9.17, 15) is 19.2 Å². The summed E-state index contributed by atoms with van der Waals surface area (Å²) in [4.78, 5) is 54.6. The Hall–Kier alpha value is -5.90. The SMILES string of the molecule is CCCCCCCCCCOC(=O)c1cc(C(=O)OCCCCCCCCCC)c2ccc(Oc3ccc(Oc4ccc5c(C(=O)OCCCCCCCCCC)cc(C(=O)OCCCCCCCCCC)c-5cc4)cc3)ccc1-2. The Bertz CT molecular complexity index is 2150. The number of benzene rings is 1. The third-order valence-electron chi connectivity index (χ3n) is 15.1. The third-order valence-corrected chi connectivity index (χ3v) is 15.1. The zero-order chi connectivity index (χ0) is 56.8. The van der Waals surface area contributed by atoms with Crippen LogP contribution in [0, 0.1) is 0 Å². The van der Waals surface area contributed by atoms with Gasteiger partial charge in [-0.05, 0) is 133 Å². The zero-order valence-electron chi connectivity index (χ0n) is 49.6. The molecule has 0 spiro atoms. The first-order valence-corrected chi connectivity index (χ1v) is 31.6. The van der Waals surface area contributed by atoms with Gasteiger partial charge in [0.05, 0.1) is 48.7 Å². The summed E-state index contributed by atoms with van der Waals surface area (Å²) in [6, 6.07) is 24.8. The molecular weight excluding hydrogens is 1000 g/mol. The summed E-state index contributed by atoms with van der Waals surface area (Å²) in [5, 5.41) is 0. The van der Waals surface area contributed by atoms with Crippen LogP contribution in [0.15, 0.2) is 84.9 Å². The van der Waals surface area contributed by atoms with Crippen LogP contribution in [0.1, 0.15) is 275 Å². The maximum Gasteiger partial charge on any atom is 0.338 e. The highest BCUT2D eigenvalue weighted by Gasteiger charge is 2.27. The molecule has 0 saturated heterocycles. The molecule has 0 aliphatic heterocycles. The van der Waals surface area contributed by atoms with Crippen molar-refractivity contribution >= 4 is 23.9 Å². The summed E-state index contributed by atoms with van der Waals surface area (Å²) < 4.78 is 35.8. The lowest BCUT2D eigenvalue weighted by Gasteiger charge is -2.07. The first-order valence-electron chi connectivity index (χ1n) is 31.6. The smallest absolute Gasteiger partial charge is 0.338 e. The second-order valence-corrected chi connectivity index (χ2v) is 21.9. The van der Waals surface area contributed by atoms with E-state index in [-0.39, 0.29) is 0 Å². The van der Waals surface area contributed by atoms with Crippen LogP contribution in [0.25, 0.3) is 22.3 Å². The standard InChI is InChI=1S/C70H98O10/c1-5-9-13-17-21-25-29-33-49-75-67(71)63-53-64(68(72)76-50-34-30-26-22-18-14-10-6-2)60-46-42-57(41-45-59(60)63)79-55-37-39-56(40-38-55)80-58-43-47-61-62(48-44-58)66(70(74)78-52-36-32-28-24-20-16-12-8-4)54-65(61)69(73)77-51-35-31-27-23-19-15-11-7-3/h37-48,53-54H,5-36,49-52H2,1-4H3. The van der Waals surface area contributed by atoms with E-state index in [0.717, 1.165) is 77.0 Å². The number of hydrogen-bond acceptors (Lipinski definition) is 10. The lowest BCUT2D eigenvalue weighted by atomic mass is 10.1. The van der Waals surface area contributed by atoms with Crippen LogP contribution in [0.4, 0.5) is 0 Å². The van der Waals surface area contributed by atoms with Gasteiger partial charge >= 0.3 is 23.9 Å². The molecule has 4 aliphatic carbocycles. The first kappa shape index (κ1) is 64.9. The Morgan fingerprint density at radius 2 is 0.425 bits per heavy atom. The number of esters is 4. The van der Waals surface area contributed by atoms with Crippen molar-refractivity contribution in [3.8, 4) is 45.3 Å². The quantitative estimate of drug-likeness (QED) is 0.0212. The summed E-state index contributed by atoms with van der Waals surface area (Å²) in [6.45, 7) is 10.2. The Kier molecular flexibility index (Phi) is 32.0. The van der Waals surface area contributed by atoms with Gasteiger partial charge < -0.3 is 28.4 Å². The third kappa shape index (κ3) is 23.7. The Labute approximate surface area is 481 Å². The molecule has 0 bridgehead atoms. The van der Waals surface area contributed by atoms with Gasteiger partial charge in [-0.1, -0.05) is 207 Å². The molecule has 0 atom stereocenters.